The van der Waals surface area contributed by atoms with Crippen molar-refractivity contribution in [1.82, 2.24) is 9.88 Å². The fourth-order valence-electron chi connectivity index (χ4n) is 1.34. The molecule has 0 saturated carbocycles. The summed E-state index contributed by atoms with van der Waals surface area (Å²) in [4.78, 5) is 16.8. The maximum absolute atomic E-state index is 10.7. The van der Waals surface area contributed by atoms with Crippen molar-refractivity contribution < 1.29 is 14.6 Å². The molecule has 0 aliphatic carbocycles. The van der Waals surface area contributed by atoms with Gasteiger partial charge < -0.3 is 9.84 Å². The standard InChI is InChI=1S/C10H16N2O3S/c1-8-11-9(7-16-8)5-12(3-4-15-2)6-10(13)14/h7H,3-6H2,1-2H3,(H,13,14). The molecule has 0 fully saturated rings. The first-order valence-corrected chi connectivity index (χ1v) is 5.84. The highest BCUT2D eigenvalue weighted by Crippen LogP contribution is 2.10. The van der Waals surface area contributed by atoms with Crippen LogP contribution < -0.4 is 0 Å². The lowest BCUT2D eigenvalue weighted by atomic mass is 10.4. The highest BCUT2D eigenvalue weighted by Gasteiger charge is 2.11. The Hall–Kier alpha value is -0.980. The number of carboxylic acids is 1. The number of methoxy groups -OCH3 is 1. The number of carboxylic acid groups (broad SMARTS) is 1. The third-order valence-electron chi connectivity index (χ3n) is 2.02. The molecule has 0 unspecified atom stereocenters. The van der Waals surface area contributed by atoms with E-state index in [1.165, 1.54) is 0 Å². The van der Waals surface area contributed by atoms with Gasteiger partial charge in [0.2, 0.25) is 0 Å². The van der Waals surface area contributed by atoms with Crippen molar-refractivity contribution in [3.8, 4) is 0 Å². The lowest BCUT2D eigenvalue weighted by Gasteiger charge is -2.18. The molecule has 0 aliphatic rings. The van der Waals surface area contributed by atoms with Gasteiger partial charge in [-0.2, -0.15) is 0 Å². The molecule has 0 saturated heterocycles. The van der Waals surface area contributed by atoms with Crippen LogP contribution in [0.3, 0.4) is 0 Å². The Morgan fingerprint density at radius 3 is 2.94 bits per heavy atom. The van der Waals surface area contributed by atoms with Crippen LogP contribution in [0.1, 0.15) is 10.7 Å². The number of hydrogen-bond acceptors (Lipinski definition) is 5. The number of aromatic nitrogens is 1. The summed E-state index contributed by atoms with van der Waals surface area (Å²) < 4.78 is 4.94. The molecule has 0 aliphatic heterocycles. The normalized spacial score (nSPS) is 10.9. The van der Waals surface area contributed by atoms with Crippen molar-refractivity contribution in [1.29, 1.82) is 0 Å². The van der Waals surface area contributed by atoms with Crippen LogP contribution in [0.5, 0.6) is 0 Å². The van der Waals surface area contributed by atoms with Crippen LogP contribution >= 0.6 is 11.3 Å². The molecular formula is C10H16N2O3S. The molecule has 1 N–H and O–H groups in total. The second-order valence-electron chi connectivity index (χ2n) is 3.46. The van der Waals surface area contributed by atoms with E-state index >= 15 is 0 Å². The smallest absolute Gasteiger partial charge is 0.317 e. The Kier molecular flexibility index (Phi) is 5.37. The number of aliphatic carboxylic acids is 1. The molecule has 0 amide bonds. The molecule has 1 heterocycles. The first-order valence-electron chi connectivity index (χ1n) is 4.96. The fraction of sp³-hybridized carbons (Fsp3) is 0.600. The maximum Gasteiger partial charge on any atom is 0.317 e. The molecular weight excluding hydrogens is 228 g/mol. The predicted octanol–water partition coefficient (Wildman–Crippen LogP) is 0.985. The number of thiazole rings is 1. The summed E-state index contributed by atoms with van der Waals surface area (Å²) >= 11 is 1.57. The van der Waals surface area contributed by atoms with E-state index in [1.807, 2.05) is 12.3 Å². The van der Waals surface area contributed by atoms with Gasteiger partial charge in [0.25, 0.3) is 0 Å². The highest BCUT2D eigenvalue weighted by molar-refractivity contribution is 7.09. The van der Waals surface area contributed by atoms with Gasteiger partial charge in [0, 0.05) is 25.6 Å². The van der Waals surface area contributed by atoms with Crippen LogP contribution in [0.15, 0.2) is 5.38 Å². The van der Waals surface area contributed by atoms with Gasteiger partial charge in [0.15, 0.2) is 0 Å². The second kappa shape index (κ2) is 6.57. The molecule has 0 bridgehead atoms. The molecule has 0 atom stereocenters. The van der Waals surface area contributed by atoms with E-state index < -0.39 is 5.97 Å². The van der Waals surface area contributed by atoms with Gasteiger partial charge in [-0.1, -0.05) is 0 Å². The molecule has 0 aromatic carbocycles. The minimum absolute atomic E-state index is 0.0138. The monoisotopic (exact) mass is 244 g/mol. The van der Waals surface area contributed by atoms with Gasteiger partial charge in [0.05, 0.1) is 23.9 Å². The number of hydrogen-bond donors (Lipinski definition) is 1. The Balaban J connectivity index is 2.51. The molecule has 5 nitrogen and oxygen atoms in total. The molecule has 90 valence electrons. The van der Waals surface area contributed by atoms with E-state index in [1.54, 1.807) is 23.3 Å². The van der Waals surface area contributed by atoms with Crippen molar-refractivity contribution in [2.45, 2.75) is 13.5 Å². The van der Waals surface area contributed by atoms with Crippen molar-refractivity contribution in [2.24, 2.45) is 0 Å². The number of aryl methyl sites for hydroxylation is 1. The lowest BCUT2D eigenvalue weighted by molar-refractivity contribution is -0.138. The summed E-state index contributed by atoms with van der Waals surface area (Å²) in [6.45, 7) is 3.63. The van der Waals surface area contributed by atoms with E-state index in [4.69, 9.17) is 9.84 Å². The molecule has 6 heteroatoms. The Morgan fingerprint density at radius 2 is 2.44 bits per heavy atom. The first kappa shape index (κ1) is 13.1. The van der Waals surface area contributed by atoms with E-state index in [0.29, 0.717) is 19.7 Å². The van der Waals surface area contributed by atoms with Crippen LogP contribution in [-0.4, -0.2) is 47.8 Å². The first-order chi connectivity index (χ1) is 7.61. The average molecular weight is 244 g/mol. The minimum Gasteiger partial charge on any atom is -0.480 e. The largest absolute Gasteiger partial charge is 0.480 e. The maximum atomic E-state index is 10.7. The van der Waals surface area contributed by atoms with Crippen molar-refractivity contribution in [3.63, 3.8) is 0 Å². The molecule has 0 radical (unpaired) electrons. The summed E-state index contributed by atoms with van der Waals surface area (Å²) in [5.74, 6) is -0.831. The zero-order valence-corrected chi connectivity index (χ0v) is 10.3. The minimum atomic E-state index is -0.831. The number of rotatable bonds is 7. The molecule has 1 aromatic rings. The zero-order valence-electron chi connectivity index (χ0n) is 9.47. The number of nitrogens with zero attached hydrogens (tertiary/aromatic N) is 2. The van der Waals surface area contributed by atoms with Gasteiger partial charge in [-0.25, -0.2) is 4.98 Å². The van der Waals surface area contributed by atoms with Gasteiger partial charge in [-0.15, -0.1) is 11.3 Å². The van der Waals surface area contributed by atoms with Crippen molar-refractivity contribution in [3.05, 3.63) is 16.1 Å². The lowest BCUT2D eigenvalue weighted by Crippen LogP contribution is -2.32. The van der Waals surface area contributed by atoms with Gasteiger partial charge >= 0.3 is 5.97 Å². The van der Waals surface area contributed by atoms with Crippen LogP contribution in [0.4, 0.5) is 0 Å². The summed E-state index contributed by atoms with van der Waals surface area (Å²) in [5.41, 5.74) is 0.917. The quantitative estimate of drug-likeness (QED) is 0.774. The van der Waals surface area contributed by atoms with E-state index in [-0.39, 0.29) is 6.54 Å². The molecule has 0 spiro atoms. The van der Waals surface area contributed by atoms with Gasteiger partial charge in [-0.05, 0) is 6.92 Å². The SMILES string of the molecule is COCCN(CC(=O)O)Cc1csc(C)n1. The highest BCUT2D eigenvalue weighted by atomic mass is 32.1. The Morgan fingerprint density at radius 1 is 1.69 bits per heavy atom. The topological polar surface area (TPSA) is 62.7 Å². The van der Waals surface area contributed by atoms with Crippen LogP contribution in [0.25, 0.3) is 0 Å². The van der Waals surface area contributed by atoms with E-state index in [2.05, 4.69) is 4.98 Å². The average Bonchev–Trinajstić information content (AvgIpc) is 2.59. The number of carbonyl (C=O) groups is 1. The fourth-order valence-corrected chi connectivity index (χ4v) is 1.94. The van der Waals surface area contributed by atoms with Crippen molar-refractivity contribution in [2.75, 3.05) is 26.8 Å². The van der Waals surface area contributed by atoms with E-state index in [9.17, 15) is 4.79 Å². The van der Waals surface area contributed by atoms with Crippen LogP contribution in [0.2, 0.25) is 0 Å². The molecule has 1 aromatic heterocycles. The van der Waals surface area contributed by atoms with Crippen molar-refractivity contribution >= 4 is 17.3 Å². The Bertz CT molecular complexity index is 341. The Labute approximate surface area is 98.7 Å². The summed E-state index contributed by atoms with van der Waals surface area (Å²) in [7, 11) is 1.60. The predicted molar refractivity (Wildman–Crippen MR) is 61.6 cm³/mol. The molecule has 16 heavy (non-hydrogen) atoms. The van der Waals surface area contributed by atoms with Crippen LogP contribution in [0, 0.1) is 6.92 Å². The number of ether oxygens (including phenoxy) is 1. The third-order valence-corrected chi connectivity index (χ3v) is 2.85. The third kappa shape index (κ3) is 4.69. The summed E-state index contributed by atoms with van der Waals surface area (Å²) in [5, 5.41) is 11.7. The van der Waals surface area contributed by atoms with Gasteiger partial charge in [0.1, 0.15) is 0 Å². The molecule has 1 rings (SSSR count). The van der Waals surface area contributed by atoms with E-state index in [0.717, 1.165) is 10.7 Å². The summed E-state index contributed by atoms with van der Waals surface area (Å²) in [6.07, 6.45) is 0. The second-order valence-corrected chi connectivity index (χ2v) is 4.52. The summed E-state index contributed by atoms with van der Waals surface area (Å²) in [6, 6.07) is 0. The van der Waals surface area contributed by atoms with Gasteiger partial charge in [-0.3, -0.25) is 9.69 Å². The van der Waals surface area contributed by atoms with Crippen LogP contribution in [-0.2, 0) is 16.1 Å². The zero-order chi connectivity index (χ0) is 12.0.